The average molecular weight is 319 g/mol. The van der Waals surface area contributed by atoms with Crippen LogP contribution in [0, 0.1) is 6.92 Å². The monoisotopic (exact) mass is 319 g/mol. The van der Waals surface area contributed by atoms with E-state index in [2.05, 4.69) is 44.2 Å². The minimum Gasteiger partial charge on any atom is -0.350 e. The number of aryl methyl sites for hydroxylation is 1. The lowest BCUT2D eigenvalue weighted by Crippen LogP contribution is -2.18. The van der Waals surface area contributed by atoms with Crippen molar-refractivity contribution in [3.8, 4) is 0 Å². The highest BCUT2D eigenvalue weighted by molar-refractivity contribution is 5.61. The molecule has 0 aliphatic heterocycles. The first-order valence-corrected chi connectivity index (χ1v) is 8.07. The predicted molar refractivity (Wildman–Crippen MR) is 97.5 cm³/mol. The molecular weight excluding hydrogens is 298 g/mol. The summed E-state index contributed by atoms with van der Waals surface area (Å²) in [5.41, 5.74) is 3.21. The van der Waals surface area contributed by atoms with Crippen LogP contribution < -0.4 is 10.2 Å². The van der Waals surface area contributed by atoms with E-state index in [4.69, 9.17) is 0 Å². The fraction of sp³-hybridized carbons (Fsp3) is 0.211. The van der Waals surface area contributed by atoms with Crippen molar-refractivity contribution in [2.45, 2.75) is 20.4 Å². The lowest BCUT2D eigenvalue weighted by molar-refractivity contribution is 0.954. The van der Waals surface area contributed by atoms with Gasteiger partial charge in [0.1, 0.15) is 5.82 Å². The first kappa shape index (κ1) is 15.9. The molecule has 0 amide bonds. The number of pyridine rings is 1. The number of nitrogens with zero attached hydrogens (tertiary/aromatic N) is 4. The molecule has 0 unspecified atom stereocenters. The minimum atomic E-state index is 0.635. The summed E-state index contributed by atoms with van der Waals surface area (Å²) in [6, 6.07) is 16.2. The van der Waals surface area contributed by atoms with Gasteiger partial charge >= 0.3 is 0 Å². The summed E-state index contributed by atoms with van der Waals surface area (Å²) >= 11 is 0. The topological polar surface area (TPSA) is 53.9 Å². The summed E-state index contributed by atoms with van der Waals surface area (Å²) in [6.07, 6.45) is 3.57. The molecule has 1 aromatic carbocycles. The van der Waals surface area contributed by atoms with Crippen LogP contribution >= 0.6 is 0 Å². The largest absolute Gasteiger partial charge is 0.350 e. The summed E-state index contributed by atoms with van der Waals surface area (Å²) in [6.45, 7) is 5.61. The van der Waals surface area contributed by atoms with Crippen LogP contribution in [0.25, 0.3) is 0 Å². The number of anilines is 3. The Bertz CT molecular complexity index is 774. The smallest absolute Gasteiger partial charge is 0.225 e. The van der Waals surface area contributed by atoms with Crippen LogP contribution in [0.4, 0.5) is 17.5 Å². The molecule has 0 bridgehead atoms. The van der Waals surface area contributed by atoms with E-state index in [1.54, 1.807) is 12.4 Å². The highest BCUT2D eigenvalue weighted by atomic mass is 15.2. The second-order valence-corrected chi connectivity index (χ2v) is 5.48. The number of para-hydroxylation sites is 1. The van der Waals surface area contributed by atoms with Crippen molar-refractivity contribution in [3.63, 3.8) is 0 Å². The van der Waals surface area contributed by atoms with Crippen LogP contribution in [0.5, 0.6) is 0 Å². The number of hydrogen-bond donors (Lipinski definition) is 1. The molecule has 0 aliphatic rings. The van der Waals surface area contributed by atoms with Gasteiger partial charge in [-0.05, 0) is 43.7 Å². The Morgan fingerprint density at radius 1 is 1.00 bits per heavy atom. The zero-order valence-electron chi connectivity index (χ0n) is 14.0. The van der Waals surface area contributed by atoms with Crippen LogP contribution in [-0.2, 0) is 6.54 Å². The second kappa shape index (κ2) is 7.55. The molecule has 0 atom stereocenters. The lowest BCUT2D eigenvalue weighted by Gasteiger charge is -2.23. The maximum absolute atomic E-state index is 4.68. The molecule has 0 saturated heterocycles. The summed E-state index contributed by atoms with van der Waals surface area (Å²) < 4.78 is 0. The molecule has 2 aromatic heterocycles. The van der Waals surface area contributed by atoms with Crippen LogP contribution in [0.15, 0.2) is 60.9 Å². The third-order valence-electron chi connectivity index (χ3n) is 3.70. The van der Waals surface area contributed by atoms with Crippen molar-refractivity contribution >= 4 is 17.5 Å². The SMILES string of the molecule is CCN(c1ccccc1)c1cc(C)nc(NCc2ccncc2)n1. The van der Waals surface area contributed by atoms with Gasteiger partial charge in [-0.1, -0.05) is 18.2 Å². The maximum Gasteiger partial charge on any atom is 0.225 e. The van der Waals surface area contributed by atoms with Gasteiger partial charge in [-0.25, -0.2) is 4.98 Å². The van der Waals surface area contributed by atoms with E-state index < -0.39 is 0 Å². The van der Waals surface area contributed by atoms with Gasteiger partial charge in [0.15, 0.2) is 0 Å². The van der Waals surface area contributed by atoms with Gasteiger partial charge in [-0.3, -0.25) is 4.98 Å². The Morgan fingerprint density at radius 3 is 2.46 bits per heavy atom. The lowest BCUT2D eigenvalue weighted by atomic mass is 10.2. The first-order chi connectivity index (χ1) is 11.8. The molecule has 0 spiro atoms. The third-order valence-corrected chi connectivity index (χ3v) is 3.70. The quantitative estimate of drug-likeness (QED) is 0.745. The average Bonchev–Trinajstić information content (AvgIpc) is 2.62. The Kier molecular flexibility index (Phi) is 5.01. The van der Waals surface area contributed by atoms with Crippen molar-refractivity contribution in [2.75, 3.05) is 16.8 Å². The van der Waals surface area contributed by atoms with Gasteiger partial charge in [-0.15, -0.1) is 0 Å². The van der Waals surface area contributed by atoms with Crippen LogP contribution in [0.2, 0.25) is 0 Å². The van der Waals surface area contributed by atoms with E-state index in [1.807, 2.05) is 43.3 Å². The summed E-state index contributed by atoms with van der Waals surface area (Å²) in [4.78, 5) is 15.4. The third kappa shape index (κ3) is 3.87. The van der Waals surface area contributed by atoms with Gasteiger partial charge in [0, 0.05) is 42.9 Å². The molecule has 24 heavy (non-hydrogen) atoms. The van der Waals surface area contributed by atoms with Gasteiger partial charge < -0.3 is 10.2 Å². The molecule has 122 valence electrons. The van der Waals surface area contributed by atoms with E-state index >= 15 is 0 Å². The Hall–Kier alpha value is -2.95. The Labute approximate surface area is 142 Å². The van der Waals surface area contributed by atoms with Gasteiger partial charge in [0.25, 0.3) is 0 Å². The van der Waals surface area contributed by atoms with Gasteiger partial charge in [-0.2, -0.15) is 4.98 Å². The summed E-state index contributed by atoms with van der Waals surface area (Å²) in [5.74, 6) is 1.53. The fourth-order valence-corrected chi connectivity index (χ4v) is 2.54. The fourth-order valence-electron chi connectivity index (χ4n) is 2.54. The van der Waals surface area contributed by atoms with Crippen molar-refractivity contribution in [2.24, 2.45) is 0 Å². The Morgan fingerprint density at radius 2 is 1.75 bits per heavy atom. The molecule has 1 N–H and O–H groups in total. The molecule has 3 rings (SSSR count). The molecule has 0 radical (unpaired) electrons. The van der Waals surface area contributed by atoms with E-state index in [-0.39, 0.29) is 0 Å². The van der Waals surface area contributed by atoms with Crippen molar-refractivity contribution < 1.29 is 0 Å². The van der Waals surface area contributed by atoms with Gasteiger partial charge in [0.2, 0.25) is 5.95 Å². The van der Waals surface area contributed by atoms with Crippen molar-refractivity contribution in [1.82, 2.24) is 15.0 Å². The molecular formula is C19H21N5. The van der Waals surface area contributed by atoms with E-state index in [0.717, 1.165) is 29.3 Å². The summed E-state index contributed by atoms with van der Waals surface area (Å²) in [7, 11) is 0. The molecule has 3 aromatic rings. The normalized spacial score (nSPS) is 10.4. The molecule has 0 fully saturated rings. The number of aromatic nitrogens is 3. The molecule has 5 nitrogen and oxygen atoms in total. The second-order valence-electron chi connectivity index (χ2n) is 5.48. The highest BCUT2D eigenvalue weighted by Crippen LogP contribution is 2.24. The predicted octanol–water partition coefficient (Wildman–Crippen LogP) is 3.95. The minimum absolute atomic E-state index is 0.635. The van der Waals surface area contributed by atoms with E-state index in [0.29, 0.717) is 12.5 Å². The molecule has 0 saturated carbocycles. The van der Waals surface area contributed by atoms with Crippen LogP contribution in [-0.4, -0.2) is 21.5 Å². The first-order valence-electron chi connectivity index (χ1n) is 8.07. The number of benzene rings is 1. The Balaban J connectivity index is 1.83. The molecule has 5 heteroatoms. The van der Waals surface area contributed by atoms with E-state index in [9.17, 15) is 0 Å². The van der Waals surface area contributed by atoms with Crippen molar-refractivity contribution in [1.29, 1.82) is 0 Å². The van der Waals surface area contributed by atoms with E-state index in [1.165, 1.54) is 0 Å². The number of hydrogen-bond acceptors (Lipinski definition) is 5. The van der Waals surface area contributed by atoms with Crippen LogP contribution in [0.1, 0.15) is 18.2 Å². The number of rotatable bonds is 6. The van der Waals surface area contributed by atoms with Crippen molar-refractivity contribution in [3.05, 3.63) is 72.2 Å². The van der Waals surface area contributed by atoms with Crippen LogP contribution in [0.3, 0.4) is 0 Å². The standard InChI is InChI=1S/C19H21N5/c1-3-24(17-7-5-4-6-8-17)18-13-15(2)22-19(23-18)21-14-16-9-11-20-12-10-16/h4-13H,3,14H2,1-2H3,(H,21,22,23). The molecule has 2 heterocycles. The zero-order valence-corrected chi connectivity index (χ0v) is 14.0. The van der Waals surface area contributed by atoms with Gasteiger partial charge in [0.05, 0.1) is 0 Å². The number of nitrogens with one attached hydrogen (secondary N) is 1. The molecule has 0 aliphatic carbocycles. The highest BCUT2D eigenvalue weighted by Gasteiger charge is 2.11. The zero-order chi connectivity index (χ0) is 16.8. The maximum atomic E-state index is 4.68. The summed E-state index contributed by atoms with van der Waals surface area (Å²) in [5, 5.41) is 3.30.